The second-order valence-electron chi connectivity index (χ2n) is 6.11. The van der Waals surface area contributed by atoms with Crippen molar-refractivity contribution in [3.8, 4) is 5.69 Å². The molecule has 1 saturated carbocycles. The number of nitrogens with one attached hydrogen (secondary N) is 1. The number of carboxylic acids is 1. The molecule has 1 aromatic heterocycles. The zero-order valence-corrected chi connectivity index (χ0v) is 13.0. The van der Waals surface area contributed by atoms with Crippen LogP contribution in [-0.2, 0) is 4.79 Å². The van der Waals surface area contributed by atoms with E-state index in [0.717, 1.165) is 30.6 Å². The molecule has 1 aromatic carbocycles. The summed E-state index contributed by atoms with van der Waals surface area (Å²) in [5.41, 5.74) is 1.74. The van der Waals surface area contributed by atoms with Gasteiger partial charge in [-0.3, -0.25) is 9.59 Å². The van der Waals surface area contributed by atoms with E-state index in [-0.39, 0.29) is 12.3 Å². The van der Waals surface area contributed by atoms with Gasteiger partial charge in [-0.1, -0.05) is 0 Å². The topological polar surface area (TPSA) is 84.2 Å². The van der Waals surface area contributed by atoms with Crippen LogP contribution in [0, 0.1) is 6.92 Å². The zero-order chi connectivity index (χ0) is 16.4. The Labute approximate surface area is 134 Å². The summed E-state index contributed by atoms with van der Waals surface area (Å²) in [6, 6.07) is 9.02. The highest BCUT2D eigenvalue weighted by Gasteiger charge is 2.40. The van der Waals surface area contributed by atoms with Crippen molar-refractivity contribution < 1.29 is 14.7 Å². The molecule has 0 bridgehead atoms. The largest absolute Gasteiger partial charge is 0.481 e. The lowest BCUT2D eigenvalue weighted by Gasteiger charge is -2.41. The van der Waals surface area contributed by atoms with Gasteiger partial charge in [0.25, 0.3) is 5.91 Å². The van der Waals surface area contributed by atoms with Gasteiger partial charge in [-0.15, -0.1) is 0 Å². The van der Waals surface area contributed by atoms with Gasteiger partial charge in [-0.05, 0) is 56.5 Å². The van der Waals surface area contributed by atoms with E-state index >= 15 is 0 Å². The van der Waals surface area contributed by atoms with Crippen molar-refractivity contribution in [1.82, 2.24) is 15.1 Å². The van der Waals surface area contributed by atoms with E-state index in [9.17, 15) is 9.59 Å². The molecule has 3 rings (SSSR count). The SMILES string of the molecule is Cc1ccn(-c2ccc(C(=O)NC3(CC(=O)O)CCC3)cc2)n1. The second-order valence-corrected chi connectivity index (χ2v) is 6.11. The molecular weight excluding hydrogens is 294 g/mol. The van der Waals surface area contributed by atoms with Crippen molar-refractivity contribution in [2.24, 2.45) is 0 Å². The first-order valence-corrected chi connectivity index (χ1v) is 7.64. The Morgan fingerprint density at radius 3 is 2.43 bits per heavy atom. The van der Waals surface area contributed by atoms with Crippen LogP contribution in [-0.4, -0.2) is 32.3 Å². The lowest BCUT2D eigenvalue weighted by Crippen LogP contribution is -2.54. The van der Waals surface area contributed by atoms with E-state index < -0.39 is 11.5 Å². The van der Waals surface area contributed by atoms with Crippen LogP contribution in [0.1, 0.15) is 41.7 Å². The maximum Gasteiger partial charge on any atom is 0.305 e. The van der Waals surface area contributed by atoms with E-state index in [1.807, 2.05) is 31.3 Å². The molecule has 2 N–H and O–H groups in total. The summed E-state index contributed by atoms with van der Waals surface area (Å²) < 4.78 is 1.74. The molecule has 1 aliphatic carbocycles. The molecule has 1 heterocycles. The van der Waals surface area contributed by atoms with Crippen molar-refractivity contribution in [3.05, 3.63) is 47.8 Å². The van der Waals surface area contributed by atoms with Crippen LogP contribution in [0.15, 0.2) is 36.5 Å². The normalized spacial score (nSPS) is 15.7. The third kappa shape index (κ3) is 3.26. The molecule has 1 amide bonds. The smallest absolute Gasteiger partial charge is 0.305 e. The van der Waals surface area contributed by atoms with Gasteiger partial charge in [0, 0.05) is 11.8 Å². The maximum atomic E-state index is 12.4. The Morgan fingerprint density at radius 1 is 1.26 bits per heavy atom. The molecule has 0 atom stereocenters. The minimum absolute atomic E-state index is 0.0244. The quantitative estimate of drug-likeness (QED) is 0.887. The Kier molecular flexibility index (Phi) is 3.90. The zero-order valence-electron chi connectivity index (χ0n) is 13.0. The number of nitrogens with zero attached hydrogens (tertiary/aromatic N) is 2. The Hall–Kier alpha value is -2.63. The molecule has 1 aliphatic rings. The fraction of sp³-hybridized carbons (Fsp3) is 0.353. The summed E-state index contributed by atoms with van der Waals surface area (Å²) in [4.78, 5) is 23.3. The lowest BCUT2D eigenvalue weighted by atomic mass is 9.74. The minimum atomic E-state index is -0.880. The molecular formula is C17H19N3O3. The van der Waals surface area contributed by atoms with Crippen LogP contribution >= 0.6 is 0 Å². The first-order chi connectivity index (χ1) is 11.0. The van der Waals surface area contributed by atoms with Gasteiger partial charge in [0.1, 0.15) is 0 Å². The standard InChI is InChI=1S/C17H19N3O3/c1-12-7-10-20(19-12)14-5-3-13(4-6-14)16(23)18-17(8-2-9-17)11-15(21)22/h3-7,10H,2,8-9,11H2,1H3,(H,18,23)(H,21,22). The lowest BCUT2D eigenvalue weighted by molar-refractivity contribution is -0.139. The van der Waals surface area contributed by atoms with Gasteiger partial charge in [-0.25, -0.2) is 4.68 Å². The molecule has 0 radical (unpaired) electrons. The van der Waals surface area contributed by atoms with Crippen molar-refractivity contribution in [3.63, 3.8) is 0 Å². The number of aromatic nitrogens is 2. The van der Waals surface area contributed by atoms with Crippen molar-refractivity contribution >= 4 is 11.9 Å². The molecule has 1 fully saturated rings. The van der Waals surface area contributed by atoms with Gasteiger partial charge in [-0.2, -0.15) is 5.10 Å². The van der Waals surface area contributed by atoms with E-state index in [0.29, 0.717) is 5.56 Å². The third-order valence-electron chi connectivity index (χ3n) is 4.30. The molecule has 6 nitrogen and oxygen atoms in total. The van der Waals surface area contributed by atoms with Gasteiger partial charge in [0.15, 0.2) is 0 Å². The summed E-state index contributed by atoms with van der Waals surface area (Å²) in [6.07, 6.45) is 4.22. The van der Waals surface area contributed by atoms with Crippen molar-refractivity contribution in [2.75, 3.05) is 0 Å². The van der Waals surface area contributed by atoms with E-state index in [4.69, 9.17) is 5.11 Å². The molecule has 23 heavy (non-hydrogen) atoms. The molecule has 120 valence electrons. The molecule has 0 aliphatic heterocycles. The summed E-state index contributed by atoms with van der Waals surface area (Å²) in [5.74, 6) is -1.11. The number of amides is 1. The van der Waals surface area contributed by atoms with Gasteiger partial charge in [0.05, 0.1) is 23.3 Å². The molecule has 0 saturated heterocycles. The fourth-order valence-corrected chi connectivity index (χ4v) is 2.88. The van der Waals surface area contributed by atoms with Crippen molar-refractivity contribution in [2.45, 2.75) is 38.1 Å². The summed E-state index contributed by atoms with van der Waals surface area (Å²) in [7, 11) is 0. The number of benzene rings is 1. The number of rotatable bonds is 5. The van der Waals surface area contributed by atoms with Crippen LogP contribution in [0.4, 0.5) is 0 Å². The monoisotopic (exact) mass is 313 g/mol. The average molecular weight is 313 g/mol. The average Bonchev–Trinajstić information content (AvgIpc) is 2.91. The first kappa shape index (κ1) is 15.3. The Bertz CT molecular complexity index is 730. The van der Waals surface area contributed by atoms with E-state index in [2.05, 4.69) is 10.4 Å². The molecule has 0 spiro atoms. The number of carboxylic acid groups (broad SMARTS) is 1. The van der Waals surface area contributed by atoms with Gasteiger partial charge < -0.3 is 10.4 Å². The van der Waals surface area contributed by atoms with Crippen LogP contribution in [0.25, 0.3) is 5.69 Å². The fourth-order valence-electron chi connectivity index (χ4n) is 2.88. The number of carbonyl (C=O) groups excluding carboxylic acids is 1. The van der Waals surface area contributed by atoms with E-state index in [1.165, 1.54) is 0 Å². The number of hydrogen-bond donors (Lipinski definition) is 2. The van der Waals surface area contributed by atoms with Crippen LogP contribution in [0.2, 0.25) is 0 Å². The predicted octanol–water partition coefficient (Wildman–Crippen LogP) is 2.31. The summed E-state index contributed by atoms with van der Waals surface area (Å²) in [6.45, 7) is 1.92. The molecule has 6 heteroatoms. The van der Waals surface area contributed by atoms with Crippen LogP contribution < -0.4 is 5.32 Å². The minimum Gasteiger partial charge on any atom is -0.481 e. The summed E-state index contributed by atoms with van der Waals surface area (Å²) in [5, 5.41) is 16.2. The third-order valence-corrected chi connectivity index (χ3v) is 4.30. The number of carbonyl (C=O) groups is 2. The highest BCUT2D eigenvalue weighted by Crippen LogP contribution is 2.35. The summed E-state index contributed by atoms with van der Waals surface area (Å²) >= 11 is 0. The Morgan fingerprint density at radius 2 is 1.96 bits per heavy atom. The Balaban J connectivity index is 1.71. The van der Waals surface area contributed by atoms with Crippen LogP contribution in [0.3, 0.4) is 0 Å². The second kappa shape index (κ2) is 5.87. The van der Waals surface area contributed by atoms with Crippen LogP contribution in [0.5, 0.6) is 0 Å². The molecule has 2 aromatic rings. The number of hydrogen-bond acceptors (Lipinski definition) is 3. The van der Waals surface area contributed by atoms with Gasteiger partial charge >= 0.3 is 5.97 Å². The predicted molar refractivity (Wildman–Crippen MR) is 84.6 cm³/mol. The first-order valence-electron chi connectivity index (χ1n) is 7.64. The number of aliphatic carboxylic acids is 1. The maximum absolute atomic E-state index is 12.4. The number of aryl methyl sites for hydroxylation is 1. The highest BCUT2D eigenvalue weighted by atomic mass is 16.4. The molecule has 0 unspecified atom stereocenters. The highest BCUT2D eigenvalue weighted by molar-refractivity contribution is 5.95. The van der Waals surface area contributed by atoms with E-state index in [1.54, 1.807) is 16.8 Å². The van der Waals surface area contributed by atoms with Gasteiger partial charge in [0.2, 0.25) is 0 Å². The van der Waals surface area contributed by atoms with Crippen molar-refractivity contribution in [1.29, 1.82) is 0 Å².